The van der Waals surface area contributed by atoms with Crippen molar-refractivity contribution in [2.24, 2.45) is 40.5 Å². The van der Waals surface area contributed by atoms with Crippen molar-refractivity contribution < 1.29 is 64.2 Å². The van der Waals surface area contributed by atoms with Crippen molar-refractivity contribution >= 4 is 5.91 Å². The zero-order valence-corrected chi connectivity index (χ0v) is 25.8. The maximum Gasteiger partial charge on any atom is 0.220 e. The molecule has 0 radical (unpaired) electrons. The molecule has 2 saturated heterocycles. The molecule has 0 aromatic rings. The molecule has 19 heteroatoms. The molecule has 18 N–H and O–H groups in total. The predicted molar refractivity (Wildman–Crippen MR) is 159 cm³/mol. The van der Waals surface area contributed by atoms with Crippen LogP contribution in [0.2, 0.25) is 0 Å². The fraction of sp³-hybridized carbons (Fsp3) is 0.893. The highest BCUT2D eigenvalue weighted by molar-refractivity contribution is 5.76. The van der Waals surface area contributed by atoms with Gasteiger partial charge in [-0.05, 0) is 6.42 Å². The summed E-state index contributed by atoms with van der Waals surface area (Å²) in [6, 6.07) is -4.14. The maximum absolute atomic E-state index is 11.9. The molecule has 19 nitrogen and oxygen atoms in total. The molecule has 2 heterocycles. The van der Waals surface area contributed by atoms with Gasteiger partial charge in [-0.1, -0.05) is 0 Å². The Kier molecular flexibility index (Phi) is 13.3. The van der Waals surface area contributed by atoms with Crippen LogP contribution in [0.5, 0.6) is 0 Å². The number of aliphatic hydroxyl groups excluding tert-OH is 7. The van der Waals surface area contributed by atoms with E-state index in [1.165, 1.54) is 0 Å². The Morgan fingerprint density at radius 2 is 1.57 bits per heavy atom. The predicted octanol–water partition coefficient (Wildman–Crippen LogP) is -7.85. The van der Waals surface area contributed by atoms with E-state index >= 15 is 0 Å². The minimum atomic E-state index is -1.74. The molecule has 270 valence electrons. The normalized spacial score (nSPS) is 46.4. The third kappa shape index (κ3) is 8.39. The summed E-state index contributed by atoms with van der Waals surface area (Å²) in [6.45, 7) is -0.749. The van der Waals surface area contributed by atoms with Gasteiger partial charge in [0, 0.05) is 49.9 Å². The highest BCUT2D eigenvalue weighted by atomic mass is 16.7. The largest absolute Gasteiger partial charge is 0.394 e. The Morgan fingerprint density at radius 1 is 0.915 bits per heavy atom. The molecule has 2 saturated carbocycles. The molecule has 4 fully saturated rings. The van der Waals surface area contributed by atoms with Crippen molar-refractivity contribution in [2.45, 2.75) is 123 Å². The lowest BCUT2D eigenvalue weighted by atomic mass is 9.84. The average molecular weight is 679 g/mol. The van der Waals surface area contributed by atoms with Gasteiger partial charge in [0.2, 0.25) is 5.91 Å². The lowest BCUT2D eigenvalue weighted by Gasteiger charge is -2.47. The molecule has 7 unspecified atom stereocenters. The molecule has 4 rings (SSSR count). The zero-order valence-electron chi connectivity index (χ0n) is 25.8. The topological polar surface area (TPSA) is 347 Å². The number of nitrogens with one attached hydrogen (secondary N) is 1. The first-order valence-electron chi connectivity index (χ1n) is 15.6. The molecule has 19 atom stereocenters. The van der Waals surface area contributed by atoms with E-state index in [0.29, 0.717) is 0 Å². The van der Waals surface area contributed by atoms with Crippen molar-refractivity contribution in [1.29, 1.82) is 0 Å². The number of hydrogen-bond donors (Lipinski definition) is 13. The first-order valence-corrected chi connectivity index (χ1v) is 15.6. The maximum atomic E-state index is 11.9. The number of terminal acetylenes is 1. The monoisotopic (exact) mass is 678 g/mol. The van der Waals surface area contributed by atoms with Crippen LogP contribution in [0.4, 0.5) is 0 Å². The van der Waals surface area contributed by atoms with Gasteiger partial charge in [-0.2, -0.15) is 0 Å². The minimum absolute atomic E-state index is 0.0743. The van der Waals surface area contributed by atoms with Crippen molar-refractivity contribution in [3.05, 3.63) is 0 Å². The van der Waals surface area contributed by atoms with Gasteiger partial charge in [0.15, 0.2) is 18.9 Å². The molecule has 2 aliphatic heterocycles. The van der Waals surface area contributed by atoms with Crippen LogP contribution in [0.1, 0.15) is 19.3 Å². The fourth-order valence-electron chi connectivity index (χ4n) is 6.42. The Labute approximate surface area is 271 Å². The van der Waals surface area contributed by atoms with Gasteiger partial charge >= 0.3 is 0 Å². The van der Waals surface area contributed by atoms with Crippen molar-refractivity contribution in [3.8, 4) is 12.3 Å². The van der Waals surface area contributed by atoms with Gasteiger partial charge in [0.05, 0.1) is 30.9 Å². The third-order valence-corrected chi connectivity index (χ3v) is 9.39. The van der Waals surface area contributed by atoms with Gasteiger partial charge in [0.1, 0.15) is 48.8 Å². The van der Waals surface area contributed by atoms with Crippen LogP contribution in [0, 0.1) is 24.2 Å². The third-order valence-electron chi connectivity index (χ3n) is 9.39. The van der Waals surface area contributed by atoms with Crippen LogP contribution in [-0.2, 0) is 28.5 Å². The Morgan fingerprint density at radius 3 is 2.21 bits per heavy atom. The van der Waals surface area contributed by atoms with Gasteiger partial charge in [0.25, 0.3) is 0 Å². The number of aliphatic hydroxyl groups is 7. The Balaban J connectivity index is 1.40. The number of ether oxygens (including phenoxy) is 5. The van der Waals surface area contributed by atoms with E-state index < -0.39 is 123 Å². The van der Waals surface area contributed by atoms with Gasteiger partial charge < -0.3 is 93.4 Å². The van der Waals surface area contributed by atoms with Crippen LogP contribution in [0.25, 0.3) is 0 Å². The number of amides is 1. The quantitative estimate of drug-likeness (QED) is 0.0599. The Bertz CT molecular complexity index is 1070. The van der Waals surface area contributed by atoms with E-state index in [2.05, 4.69) is 11.2 Å². The van der Waals surface area contributed by atoms with E-state index in [-0.39, 0.29) is 38.3 Å². The smallest absolute Gasteiger partial charge is 0.220 e. The van der Waals surface area contributed by atoms with Gasteiger partial charge in [-0.15, -0.1) is 12.3 Å². The molecule has 0 spiro atoms. The molecule has 4 aliphatic rings. The van der Waals surface area contributed by atoms with Crippen LogP contribution in [-0.4, -0.2) is 165 Å². The summed E-state index contributed by atoms with van der Waals surface area (Å²) in [5, 5.41) is 76.5. The van der Waals surface area contributed by atoms with E-state index in [0.717, 1.165) is 0 Å². The second-order valence-corrected chi connectivity index (χ2v) is 12.6. The first kappa shape index (κ1) is 38.2. The summed E-state index contributed by atoms with van der Waals surface area (Å²) in [4.78, 5) is 11.9. The standard InChI is InChI=1S/C28H50N6O13/c1-2-3-4-14(36)34-7-9-15(18(9)37)16(32)26(42)45-24-13(8-35)44-28(22(24)41)47-25-19(38)10(30)5-11(31)23(25)46-27-17(33)21(40)20(39)12(6-29)43-27/h1,9-13,15-28,35,37-42H,3-8,29-33H2,(H,34,36)/t9?,10-,11?,12?,13-,15?,16+,17?,18-,19-,20-,21-,22+,23-,24?,25?,26-,27-,28+/m1/s1. The van der Waals surface area contributed by atoms with Crippen molar-refractivity contribution in [1.82, 2.24) is 5.32 Å². The van der Waals surface area contributed by atoms with E-state index in [1.807, 2.05) is 0 Å². The average Bonchev–Trinajstić information content (AvgIpc) is 3.60. The highest BCUT2D eigenvalue weighted by Gasteiger charge is 2.56. The summed E-state index contributed by atoms with van der Waals surface area (Å²) in [5.41, 5.74) is 30.3. The number of rotatable bonds is 14. The lowest BCUT2D eigenvalue weighted by Crippen LogP contribution is -2.68. The molecule has 1 amide bonds. The summed E-state index contributed by atoms with van der Waals surface area (Å²) in [5.74, 6) is 0.954. The highest BCUT2D eigenvalue weighted by Crippen LogP contribution is 2.42. The van der Waals surface area contributed by atoms with E-state index in [4.69, 9.17) is 58.8 Å². The molecular weight excluding hydrogens is 628 g/mol. The lowest BCUT2D eigenvalue weighted by molar-refractivity contribution is -0.306. The molecule has 2 aliphatic carbocycles. The summed E-state index contributed by atoms with van der Waals surface area (Å²) in [6.07, 6.45) is -12.1. The first-order chi connectivity index (χ1) is 22.2. The minimum Gasteiger partial charge on any atom is -0.394 e. The van der Waals surface area contributed by atoms with E-state index in [9.17, 15) is 40.5 Å². The Hall–Kier alpha value is -1.65. The molecule has 0 aromatic heterocycles. The molecule has 47 heavy (non-hydrogen) atoms. The molecular formula is C28H50N6O13. The summed E-state index contributed by atoms with van der Waals surface area (Å²) >= 11 is 0. The molecule has 0 aromatic carbocycles. The molecule has 0 bridgehead atoms. The second kappa shape index (κ2) is 16.4. The summed E-state index contributed by atoms with van der Waals surface area (Å²) in [7, 11) is 0. The second-order valence-electron chi connectivity index (χ2n) is 12.6. The van der Waals surface area contributed by atoms with Crippen LogP contribution in [0.15, 0.2) is 0 Å². The number of carbonyl (C=O) groups excluding carboxylic acids is 1. The number of hydrogen-bond acceptors (Lipinski definition) is 18. The van der Waals surface area contributed by atoms with Crippen LogP contribution in [0.3, 0.4) is 0 Å². The van der Waals surface area contributed by atoms with Gasteiger partial charge in [-0.25, -0.2) is 0 Å². The van der Waals surface area contributed by atoms with Crippen molar-refractivity contribution in [2.75, 3.05) is 19.7 Å². The fourth-order valence-corrected chi connectivity index (χ4v) is 6.42. The number of nitrogens with two attached hydrogens (primary N) is 5. The van der Waals surface area contributed by atoms with E-state index in [1.54, 1.807) is 0 Å². The van der Waals surface area contributed by atoms with Crippen LogP contribution < -0.4 is 34.0 Å². The summed E-state index contributed by atoms with van der Waals surface area (Å²) < 4.78 is 28.9. The number of carbonyl (C=O) groups is 1. The SMILES string of the molecule is C#CCCC(=O)NCC1C([C@H](N)[C@H](O)OC2[C@@H](CO)O[C@@H](OC3[C@H](O[C@H]4OC(CN)[C@@H](O)[C@H](O)C4N)C(N)C[C@@H](N)[C@H]3O)[C@H]2O)[C@@H]1O. The zero-order chi connectivity index (χ0) is 34.7. The van der Waals surface area contributed by atoms with Crippen LogP contribution >= 0.6 is 0 Å². The van der Waals surface area contributed by atoms with Gasteiger partial charge in [-0.3, -0.25) is 4.79 Å². The van der Waals surface area contributed by atoms with Crippen molar-refractivity contribution in [3.63, 3.8) is 0 Å².